The van der Waals surface area contributed by atoms with E-state index in [1.807, 2.05) is 30.3 Å². The topological polar surface area (TPSA) is 66.0 Å². The van der Waals surface area contributed by atoms with Crippen LogP contribution in [0.15, 0.2) is 42.5 Å². The first-order valence-electron chi connectivity index (χ1n) is 7.63. The minimum absolute atomic E-state index is 0.210. The summed E-state index contributed by atoms with van der Waals surface area (Å²) in [5.41, 5.74) is 0.928. The monoisotopic (exact) mass is 329 g/mol. The highest BCUT2D eigenvalue weighted by Gasteiger charge is 2.17. The molecule has 24 heavy (non-hydrogen) atoms. The van der Waals surface area contributed by atoms with Crippen LogP contribution in [0, 0.1) is 0 Å². The maximum Gasteiger partial charge on any atom is 0.261 e. The first-order chi connectivity index (χ1) is 11.7. The fourth-order valence-electron chi connectivity index (χ4n) is 2.34. The molecule has 1 amide bonds. The van der Waals surface area contributed by atoms with Crippen LogP contribution >= 0.6 is 0 Å². The SMILES string of the molecule is COc1ccccc1O[C@@H](C)C(=O)NCc1ccc2c(c1)OCO2. The van der Waals surface area contributed by atoms with E-state index >= 15 is 0 Å². The Hall–Kier alpha value is -2.89. The lowest BCUT2D eigenvalue weighted by Crippen LogP contribution is -2.35. The van der Waals surface area contributed by atoms with Gasteiger partial charge in [-0.15, -0.1) is 0 Å². The zero-order valence-corrected chi connectivity index (χ0v) is 13.6. The Balaban J connectivity index is 1.56. The third-order valence-corrected chi connectivity index (χ3v) is 3.65. The van der Waals surface area contributed by atoms with Crippen molar-refractivity contribution in [3.63, 3.8) is 0 Å². The van der Waals surface area contributed by atoms with Crippen molar-refractivity contribution in [2.24, 2.45) is 0 Å². The van der Waals surface area contributed by atoms with Gasteiger partial charge in [0.15, 0.2) is 29.1 Å². The summed E-state index contributed by atoms with van der Waals surface area (Å²) < 4.78 is 21.5. The predicted octanol–water partition coefficient (Wildman–Crippen LogP) is 2.51. The molecule has 0 fully saturated rings. The minimum atomic E-state index is -0.643. The van der Waals surface area contributed by atoms with E-state index in [0.29, 0.717) is 23.8 Å². The summed E-state index contributed by atoms with van der Waals surface area (Å²) in [6.07, 6.45) is -0.643. The first kappa shape index (κ1) is 16.0. The summed E-state index contributed by atoms with van der Waals surface area (Å²) in [6.45, 7) is 2.31. The summed E-state index contributed by atoms with van der Waals surface area (Å²) in [4.78, 5) is 12.2. The number of benzene rings is 2. The van der Waals surface area contributed by atoms with Crippen LogP contribution in [0.4, 0.5) is 0 Å². The molecule has 1 atom stereocenters. The van der Waals surface area contributed by atoms with Crippen LogP contribution in [-0.4, -0.2) is 25.9 Å². The Kier molecular flexibility index (Phi) is 4.74. The van der Waals surface area contributed by atoms with Gasteiger partial charge in [-0.2, -0.15) is 0 Å². The van der Waals surface area contributed by atoms with Gasteiger partial charge in [-0.25, -0.2) is 0 Å². The van der Waals surface area contributed by atoms with Crippen molar-refractivity contribution in [3.8, 4) is 23.0 Å². The second kappa shape index (κ2) is 7.12. The number of carbonyl (C=O) groups is 1. The molecular formula is C18H19NO5. The van der Waals surface area contributed by atoms with E-state index in [9.17, 15) is 4.79 Å². The molecule has 2 aromatic carbocycles. The molecule has 3 rings (SSSR count). The van der Waals surface area contributed by atoms with Crippen LogP contribution in [0.2, 0.25) is 0 Å². The summed E-state index contributed by atoms with van der Waals surface area (Å²) in [5, 5.41) is 2.85. The van der Waals surface area contributed by atoms with Crippen molar-refractivity contribution in [1.82, 2.24) is 5.32 Å². The Labute approximate surface area is 140 Å². The van der Waals surface area contributed by atoms with Gasteiger partial charge in [-0.3, -0.25) is 4.79 Å². The van der Waals surface area contributed by atoms with Gasteiger partial charge in [0.2, 0.25) is 6.79 Å². The number of rotatable bonds is 6. The summed E-state index contributed by atoms with van der Waals surface area (Å²) in [7, 11) is 1.56. The maximum absolute atomic E-state index is 12.2. The average Bonchev–Trinajstić information content (AvgIpc) is 3.07. The average molecular weight is 329 g/mol. The largest absolute Gasteiger partial charge is 0.493 e. The molecule has 6 nitrogen and oxygen atoms in total. The van der Waals surface area contributed by atoms with Gasteiger partial charge in [0.25, 0.3) is 5.91 Å². The van der Waals surface area contributed by atoms with Crippen molar-refractivity contribution in [1.29, 1.82) is 0 Å². The lowest BCUT2D eigenvalue weighted by Gasteiger charge is -2.16. The number of carbonyl (C=O) groups excluding carboxylic acids is 1. The van der Waals surface area contributed by atoms with E-state index in [1.165, 1.54) is 0 Å². The standard InChI is InChI=1S/C18H19NO5/c1-12(24-16-6-4-3-5-14(16)21-2)18(20)19-10-13-7-8-15-17(9-13)23-11-22-15/h3-9,12H,10-11H2,1-2H3,(H,19,20)/t12-/m0/s1. The van der Waals surface area contributed by atoms with E-state index in [0.717, 1.165) is 11.3 Å². The van der Waals surface area contributed by atoms with Gasteiger partial charge in [0, 0.05) is 6.54 Å². The van der Waals surface area contributed by atoms with Gasteiger partial charge in [0.1, 0.15) is 0 Å². The molecule has 1 heterocycles. The third kappa shape index (κ3) is 3.53. The highest BCUT2D eigenvalue weighted by atomic mass is 16.7. The molecule has 6 heteroatoms. The second-order valence-corrected chi connectivity index (χ2v) is 5.32. The highest BCUT2D eigenvalue weighted by molar-refractivity contribution is 5.80. The molecule has 1 aliphatic heterocycles. The maximum atomic E-state index is 12.2. The Bertz CT molecular complexity index is 731. The van der Waals surface area contributed by atoms with Crippen LogP contribution < -0.4 is 24.3 Å². The summed E-state index contributed by atoms with van der Waals surface area (Å²) >= 11 is 0. The molecular weight excluding hydrogens is 310 g/mol. The normalized spacial score (nSPS) is 13.2. The quantitative estimate of drug-likeness (QED) is 0.882. The predicted molar refractivity (Wildman–Crippen MR) is 87.5 cm³/mol. The molecule has 0 saturated carbocycles. The second-order valence-electron chi connectivity index (χ2n) is 5.32. The van der Waals surface area contributed by atoms with Crippen LogP contribution in [0.1, 0.15) is 12.5 Å². The number of fused-ring (bicyclic) bond motifs is 1. The number of hydrogen-bond donors (Lipinski definition) is 1. The molecule has 1 aliphatic rings. The fraction of sp³-hybridized carbons (Fsp3) is 0.278. The van der Waals surface area contributed by atoms with Gasteiger partial charge >= 0.3 is 0 Å². The zero-order valence-electron chi connectivity index (χ0n) is 13.6. The first-order valence-corrected chi connectivity index (χ1v) is 7.63. The van der Waals surface area contributed by atoms with E-state index in [2.05, 4.69) is 5.32 Å². The molecule has 126 valence electrons. The molecule has 0 spiro atoms. The Morgan fingerprint density at radius 3 is 2.71 bits per heavy atom. The number of nitrogens with one attached hydrogen (secondary N) is 1. The van der Waals surface area contributed by atoms with Gasteiger partial charge < -0.3 is 24.3 Å². The third-order valence-electron chi connectivity index (χ3n) is 3.65. The number of amides is 1. The number of para-hydroxylation sites is 2. The van der Waals surface area contributed by atoms with Crippen molar-refractivity contribution in [2.45, 2.75) is 19.6 Å². The number of hydrogen-bond acceptors (Lipinski definition) is 5. The molecule has 0 radical (unpaired) electrons. The summed E-state index contributed by atoms with van der Waals surface area (Å²) in [6, 6.07) is 12.8. The molecule has 0 unspecified atom stereocenters. The van der Waals surface area contributed by atoms with Crippen molar-refractivity contribution < 1.29 is 23.7 Å². The van der Waals surface area contributed by atoms with Gasteiger partial charge in [0.05, 0.1) is 7.11 Å². The molecule has 0 aromatic heterocycles. The van der Waals surface area contributed by atoms with Crippen molar-refractivity contribution in [3.05, 3.63) is 48.0 Å². The number of ether oxygens (including phenoxy) is 4. The molecule has 0 bridgehead atoms. The van der Waals surface area contributed by atoms with Gasteiger partial charge in [-0.1, -0.05) is 18.2 Å². The van der Waals surface area contributed by atoms with E-state index in [4.69, 9.17) is 18.9 Å². The van der Waals surface area contributed by atoms with Crippen LogP contribution in [0.3, 0.4) is 0 Å². The van der Waals surface area contributed by atoms with Crippen molar-refractivity contribution in [2.75, 3.05) is 13.9 Å². The van der Waals surface area contributed by atoms with Crippen LogP contribution in [0.25, 0.3) is 0 Å². The lowest BCUT2D eigenvalue weighted by atomic mass is 10.2. The highest BCUT2D eigenvalue weighted by Crippen LogP contribution is 2.32. The van der Waals surface area contributed by atoms with Crippen LogP contribution in [0.5, 0.6) is 23.0 Å². The number of methoxy groups -OCH3 is 1. The van der Waals surface area contributed by atoms with Gasteiger partial charge in [-0.05, 0) is 36.8 Å². The Morgan fingerprint density at radius 2 is 1.92 bits per heavy atom. The fourth-order valence-corrected chi connectivity index (χ4v) is 2.34. The molecule has 2 aromatic rings. The minimum Gasteiger partial charge on any atom is -0.493 e. The Morgan fingerprint density at radius 1 is 1.17 bits per heavy atom. The van der Waals surface area contributed by atoms with E-state index in [-0.39, 0.29) is 12.7 Å². The molecule has 0 aliphatic carbocycles. The lowest BCUT2D eigenvalue weighted by molar-refractivity contribution is -0.127. The smallest absolute Gasteiger partial charge is 0.261 e. The van der Waals surface area contributed by atoms with E-state index in [1.54, 1.807) is 26.2 Å². The zero-order chi connectivity index (χ0) is 16.9. The van der Waals surface area contributed by atoms with Crippen molar-refractivity contribution >= 4 is 5.91 Å². The summed E-state index contributed by atoms with van der Waals surface area (Å²) in [5.74, 6) is 2.33. The van der Waals surface area contributed by atoms with Crippen LogP contribution in [-0.2, 0) is 11.3 Å². The molecule has 0 saturated heterocycles. The van der Waals surface area contributed by atoms with E-state index < -0.39 is 6.10 Å². The molecule has 1 N–H and O–H groups in total.